The van der Waals surface area contributed by atoms with Crippen LogP contribution in [0.15, 0.2) is 48.5 Å². The van der Waals surface area contributed by atoms with E-state index in [1.54, 1.807) is 6.07 Å². The summed E-state index contributed by atoms with van der Waals surface area (Å²) in [5.41, 5.74) is -0.842. The van der Waals surface area contributed by atoms with E-state index in [1.165, 1.54) is 36.4 Å². The zero-order chi connectivity index (χ0) is 15.7. The third kappa shape index (κ3) is 2.57. The second-order valence-electron chi connectivity index (χ2n) is 4.53. The van der Waals surface area contributed by atoms with Crippen molar-refractivity contribution in [3.8, 4) is 22.8 Å². The lowest BCUT2D eigenvalue weighted by Crippen LogP contribution is -2.07. The molecule has 0 bridgehead atoms. The molecule has 1 heterocycles. The van der Waals surface area contributed by atoms with Crippen molar-refractivity contribution in [2.24, 2.45) is 0 Å². The van der Waals surface area contributed by atoms with Crippen molar-refractivity contribution in [3.05, 3.63) is 59.9 Å². The molecule has 0 aliphatic rings. The maximum atomic E-state index is 13.7. The Morgan fingerprint density at radius 2 is 1.50 bits per heavy atom. The topological polar surface area (TPSA) is 41.6 Å². The smallest absolute Gasteiger partial charge is 0.259 e. The van der Waals surface area contributed by atoms with Gasteiger partial charge in [-0.25, -0.2) is 9.37 Å². The quantitative estimate of drug-likeness (QED) is 0.717. The van der Waals surface area contributed by atoms with Gasteiger partial charge in [-0.2, -0.15) is 18.3 Å². The molecule has 0 aliphatic heterocycles. The van der Waals surface area contributed by atoms with Gasteiger partial charge in [-0.15, -0.1) is 0 Å². The molecule has 0 atom stereocenters. The van der Waals surface area contributed by atoms with Gasteiger partial charge in [-0.3, -0.25) is 5.10 Å². The number of nitrogens with one attached hydrogen (secondary N) is 1. The number of rotatable bonds is 2. The van der Waals surface area contributed by atoms with Gasteiger partial charge in [0.05, 0.1) is 11.1 Å². The number of H-pyrrole nitrogens is 1. The number of aromatic amines is 1. The monoisotopic (exact) mass is 307 g/mol. The first kappa shape index (κ1) is 14.2. The van der Waals surface area contributed by atoms with Crippen LogP contribution in [0, 0.1) is 5.82 Å². The normalized spacial score (nSPS) is 11.6. The minimum Gasteiger partial charge on any atom is -0.259 e. The van der Waals surface area contributed by atoms with E-state index in [9.17, 15) is 17.6 Å². The van der Waals surface area contributed by atoms with Crippen LogP contribution in [-0.2, 0) is 6.18 Å². The van der Waals surface area contributed by atoms with Gasteiger partial charge in [0.2, 0.25) is 0 Å². The van der Waals surface area contributed by atoms with E-state index in [2.05, 4.69) is 15.2 Å². The molecule has 3 rings (SSSR count). The largest absolute Gasteiger partial charge is 0.417 e. The van der Waals surface area contributed by atoms with E-state index in [0.29, 0.717) is 0 Å². The summed E-state index contributed by atoms with van der Waals surface area (Å²) in [7, 11) is 0. The summed E-state index contributed by atoms with van der Waals surface area (Å²) in [6, 6.07) is 10.8. The third-order valence-corrected chi connectivity index (χ3v) is 3.09. The summed E-state index contributed by atoms with van der Waals surface area (Å²) in [5.74, 6) is -0.603. The first-order chi connectivity index (χ1) is 10.5. The number of hydrogen-bond donors (Lipinski definition) is 1. The lowest BCUT2D eigenvalue weighted by atomic mass is 10.1. The van der Waals surface area contributed by atoms with Gasteiger partial charge in [0.1, 0.15) is 5.82 Å². The van der Waals surface area contributed by atoms with Crippen molar-refractivity contribution in [2.75, 3.05) is 0 Å². The van der Waals surface area contributed by atoms with Crippen molar-refractivity contribution in [2.45, 2.75) is 6.18 Å². The minimum atomic E-state index is -4.51. The van der Waals surface area contributed by atoms with Crippen molar-refractivity contribution >= 4 is 0 Å². The summed E-state index contributed by atoms with van der Waals surface area (Å²) in [4.78, 5) is 3.98. The van der Waals surface area contributed by atoms with Crippen LogP contribution in [0.1, 0.15) is 5.56 Å². The van der Waals surface area contributed by atoms with Crippen LogP contribution < -0.4 is 0 Å². The Balaban J connectivity index is 2.08. The highest BCUT2D eigenvalue weighted by atomic mass is 19.4. The molecule has 112 valence electrons. The van der Waals surface area contributed by atoms with Crippen molar-refractivity contribution in [1.29, 1.82) is 0 Å². The van der Waals surface area contributed by atoms with Crippen LogP contribution in [0.25, 0.3) is 22.8 Å². The van der Waals surface area contributed by atoms with E-state index < -0.39 is 17.6 Å². The lowest BCUT2D eigenvalue weighted by Gasteiger charge is -2.10. The fourth-order valence-electron chi connectivity index (χ4n) is 2.08. The molecule has 2 aromatic carbocycles. The Bertz CT molecular complexity index is 808. The predicted octanol–water partition coefficient (Wildman–Crippen LogP) is 4.30. The predicted molar refractivity (Wildman–Crippen MR) is 72.2 cm³/mol. The Morgan fingerprint density at radius 1 is 0.864 bits per heavy atom. The molecule has 0 saturated heterocycles. The standard InChI is InChI=1S/C15H9F4N3/c16-12-8-4-2-6-10(12)14-20-13(21-22-14)9-5-1-3-7-11(9)15(17,18)19/h1-8H,(H,20,21,22). The second-order valence-corrected chi connectivity index (χ2v) is 4.53. The molecule has 7 heteroatoms. The van der Waals surface area contributed by atoms with Crippen LogP contribution >= 0.6 is 0 Å². The van der Waals surface area contributed by atoms with E-state index in [1.807, 2.05) is 0 Å². The number of halogens is 4. The molecule has 0 unspecified atom stereocenters. The number of nitrogens with zero attached hydrogens (tertiary/aromatic N) is 2. The van der Waals surface area contributed by atoms with Gasteiger partial charge >= 0.3 is 6.18 Å². The second kappa shape index (κ2) is 5.25. The fourth-order valence-corrected chi connectivity index (χ4v) is 2.08. The molecular formula is C15H9F4N3. The molecule has 1 aromatic heterocycles. The van der Waals surface area contributed by atoms with Gasteiger partial charge in [0.25, 0.3) is 0 Å². The highest BCUT2D eigenvalue weighted by Gasteiger charge is 2.34. The molecule has 0 spiro atoms. The summed E-state index contributed by atoms with van der Waals surface area (Å²) >= 11 is 0. The molecule has 3 nitrogen and oxygen atoms in total. The molecule has 0 amide bonds. The SMILES string of the molecule is Fc1ccccc1-c1n[nH]c(-c2ccccc2C(F)(F)F)n1. The third-order valence-electron chi connectivity index (χ3n) is 3.09. The van der Waals surface area contributed by atoms with Crippen molar-refractivity contribution in [3.63, 3.8) is 0 Å². The summed E-state index contributed by atoms with van der Waals surface area (Å²) in [5, 5.41) is 6.24. The number of benzene rings is 2. The molecule has 1 N–H and O–H groups in total. The summed E-state index contributed by atoms with van der Waals surface area (Å²) in [6.45, 7) is 0. The Kier molecular flexibility index (Phi) is 3.40. The lowest BCUT2D eigenvalue weighted by molar-refractivity contribution is -0.137. The van der Waals surface area contributed by atoms with Gasteiger partial charge < -0.3 is 0 Å². The maximum absolute atomic E-state index is 13.7. The van der Waals surface area contributed by atoms with E-state index in [4.69, 9.17) is 0 Å². The fraction of sp³-hybridized carbons (Fsp3) is 0.0667. The molecular weight excluding hydrogens is 298 g/mol. The van der Waals surface area contributed by atoms with Crippen LogP contribution in [0.4, 0.5) is 17.6 Å². The zero-order valence-corrected chi connectivity index (χ0v) is 11.0. The number of hydrogen-bond acceptors (Lipinski definition) is 2. The minimum absolute atomic E-state index is 0.00470. The van der Waals surface area contributed by atoms with Gasteiger partial charge in [0.15, 0.2) is 11.6 Å². The van der Waals surface area contributed by atoms with Crippen LogP contribution in [0.2, 0.25) is 0 Å². The maximum Gasteiger partial charge on any atom is 0.417 e. The van der Waals surface area contributed by atoms with E-state index in [-0.39, 0.29) is 22.8 Å². The van der Waals surface area contributed by atoms with Gasteiger partial charge in [-0.1, -0.05) is 30.3 Å². The van der Waals surface area contributed by atoms with Crippen molar-refractivity contribution < 1.29 is 17.6 Å². The Morgan fingerprint density at radius 3 is 2.18 bits per heavy atom. The van der Waals surface area contributed by atoms with Crippen molar-refractivity contribution in [1.82, 2.24) is 15.2 Å². The number of alkyl halides is 3. The zero-order valence-electron chi connectivity index (χ0n) is 11.0. The highest BCUT2D eigenvalue weighted by Crippen LogP contribution is 2.36. The van der Waals surface area contributed by atoms with Crippen LogP contribution in [0.5, 0.6) is 0 Å². The Labute approximate surface area is 122 Å². The molecule has 3 aromatic rings. The summed E-state index contributed by atoms with van der Waals surface area (Å²) in [6.07, 6.45) is -4.51. The molecule has 0 aliphatic carbocycles. The average molecular weight is 307 g/mol. The first-order valence-corrected chi connectivity index (χ1v) is 6.31. The van der Waals surface area contributed by atoms with Gasteiger partial charge in [-0.05, 0) is 18.2 Å². The summed E-state index contributed by atoms with van der Waals surface area (Å²) < 4.78 is 52.7. The first-order valence-electron chi connectivity index (χ1n) is 6.31. The highest BCUT2D eigenvalue weighted by molar-refractivity contribution is 5.64. The van der Waals surface area contributed by atoms with Gasteiger partial charge in [0, 0.05) is 5.56 Å². The average Bonchev–Trinajstić information content (AvgIpc) is 2.96. The molecule has 0 fully saturated rings. The molecule has 22 heavy (non-hydrogen) atoms. The number of aromatic nitrogens is 3. The van der Waals surface area contributed by atoms with E-state index in [0.717, 1.165) is 6.07 Å². The van der Waals surface area contributed by atoms with Crippen LogP contribution in [-0.4, -0.2) is 15.2 Å². The van der Waals surface area contributed by atoms with E-state index >= 15 is 0 Å². The molecule has 0 saturated carbocycles. The van der Waals surface area contributed by atoms with Crippen LogP contribution in [0.3, 0.4) is 0 Å². The molecule has 0 radical (unpaired) electrons. The Hall–Kier alpha value is -2.70.